The van der Waals surface area contributed by atoms with Crippen LogP contribution in [-0.2, 0) is 10.0 Å². The van der Waals surface area contributed by atoms with Crippen LogP contribution in [0.3, 0.4) is 0 Å². The number of hydrogen-bond donors (Lipinski definition) is 1. The van der Waals surface area contributed by atoms with Crippen LogP contribution in [0, 0.1) is 34.6 Å². The Kier molecular flexibility index (Phi) is 5.86. The van der Waals surface area contributed by atoms with Crippen molar-refractivity contribution in [2.45, 2.75) is 52.0 Å². The first-order valence-electron chi connectivity index (χ1n) is 8.45. The van der Waals surface area contributed by atoms with E-state index in [1.165, 1.54) is 0 Å². The van der Waals surface area contributed by atoms with Gasteiger partial charge in [0.1, 0.15) is 0 Å². The number of sulfonamides is 1. The minimum atomic E-state index is -3.65. The van der Waals surface area contributed by atoms with Gasteiger partial charge < -0.3 is 0 Å². The Balaban J connectivity index is 2.54. The Hall–Kier alpha value is -1.91. The van der Waals surface area contributed by atoms with Crippen LogP contribution in [0.1, 0.15) is 45.8 Å². The molecule has 3 nitrogen and oxygen atoms in total. The summed E-state index contributed by atoms with van der Waals surface area (Å²) in [6, 6.07) is 9.28. The third kappa shape index (κ3) is 3.86. The molecule has 0 saturated carbocycles. The lowest BCUT2D eigenvalue weighted by molar-refractivity contribution is 0.556. The van der Waals surface area contributed by atoms with Gasteiger partial charge in [0.25, 0.3) is 0 Å². The van der Waals surface area contributed by atoms with E-state index in [0.717, 1.165) is 33.4 Å². The summed E-state index contributed by atoms with van der Waals surface area (Å²) in [4.78, 5) is 0.401. The van der Waals surface area contributed by atoms with Crippen molar-refractivity contribution < 1.29 is 8.42 Å². The molecule has 0 aliphatic rings. The highest BCUT2D eigenvalue weighted by Gasteiger charge is 2.26. The van der Waals surface area contributed by atoms with Gasteiger partial charge in [-0.2, -0.15) is 0 Å². The average Bonchev–Trinajstić information content (AvgIpc) is 2.58. The summed E-state index contributed by atoms with van der Waals surface area (Å²) in [5.74, 6) is 0. The first-order chi connectivity index (χ1) is 11.7. The highest BCUT2D eigenvalue weighted by atomic mass is 32.2. The monoisotopic (exact) mass is 357 g/mol. The van der Waals surface area contributed by atoms with Crippen molar-refractivity contribution in [1.82, 2.24) is 4.72 Å². The van der Waals surface area contributed by atoms with Crippen LogP contribution in [-0.4, -0.2) is 8.42 Å². The van der Waals surface area contributed by atoms with Gasteiger partial charge in [-0.1, -0.05) is 36.4 Å². The first-order valence-corrected chi connectivity index (χ1v) is 9.94. The second-order valence-electron chi connectivity index (χ2n) is 6.56. The molecule has 134 valence electrons. The number of hydrogen-bond acceptors (Lipinski definition) is 2. The van der Waals surface area contributed by atoms with E-state index in [0.29, 0.717) is 11.3 Å². The Morgan fingerprint density at radius 2 is 1.40 bits per heavy atom. The predicted molar refractivity (Wildman–Crippen MR) is 104 cm³/mol. The van der Waals surface area contributed by atoms with Crippen LogP contribution in [0.5, 0.6) is 0 Å². The maximum Gasteiger partial charge on any atom is 0.241 e. The van der Waals surface area contributed by atoms with E-state index in [9.17, 15) is 8.42 Å². The van der Waals surface area contributed by atoms with Crippen LogP contribution in [0.25, 0.3) is 0 Å². The zero-order valence-electron chi connectivity index (χ0n) is 15.7. The van der Waals surface area contributed by atoms with E-state index >= 15 is 0 Å². The molecule has 0 amide bonds. The summed E-state index contributed by atoms with van der Waals surface area (Å²) >= 11 is 0. The van der Waals surface area contributed by atoms with Crippen LogP contribution in [0.15, 0.2) is 47.9 Å². The Morgan fingerprint density at radius 3 is 1.88 bits per heavy atom. The van der Waals surface area contributed by atoms with E-state index < -0.39 is 10.0 Å². The third-order valence-corrected chi connectivity index (χ3v) is 6.85. The molecule has 25 heavy (non-hydrogen) atoms. The average molecular weight is 358 g/mol. The first kappa shape index (κ1) is 19.4. The fourth-order valence-electron chi connectivity index (χ4n) is 3.22. The Labute approximate surface area is 151 Å². The van der Waals surface area contributed by atoms with Crippen LogP contribution >= 0.6 is 0 Å². The molecule has 0 aliphatic carbocycles. The number of benzene rings is 2. The van der Waals surface area contributed by atoms with Gasteiger partial charge >= 0.3 is 0 Å². The number of rotatable bonds is 6. The quantitative estimate of drug-likeness (QED) is 0.753. The maximum atomic E-state index is 13.2. The summed E-state index contributed by atoms with van der Waals surface area (Å²) in [5, 5.41) is 0. The molecule has 0 aliphatic heterocycles. The van der Waals surface area contributed by atoms with Gasteiger partial charge in [-0.3, -0.25) is 0 Å². The molecule has 0 aromatic heterocycles. The molecule has 4 heteroatoms. The summed E-state index contributed by atoms with van der Waals surface area (Å²) in [6.07, 6.45) is 2.27. The van der Waals surface area contributed by atoms with Crippen molar-refractivity contribution in [3.63, 3.8) is 0 Å². The molecule has 0 radical (unpaired) electrons. The lowest BCUT2D eigenvalue weighted by Gasteiger charge is -2.22. The highest BCUT2D eigenvalue weighted by Crippen LogP contribution is 2.31. The van der Waals surface area contributed by atoms with Crippen LogP contribution in [0.2, 0.25) is 0 Å². The molecular weight excluding hydrogens is 330 g/mol. The summed E-state index contributed by atoms with van der Waals surface area (Å²) < 4.78 is 29.3. The van der Waals surface area contributed by atoms with Crippen molar-refractivity contribution >= 4 is 10.0 Å². The molecule has 2 aromatic rings. The summed E-state index contributed by atoms with van der Waals surface area (Å²) in [5.41, 5.74) is 5.78. The Morgan fingerprint density at radius 1 is 0.920 bits per heavy atom. The zero-order chi connectivity index (χ0) is 18.8. The van der Waals surface area contributed by atoms with Crippen molar-refractivity contribution in [3.8, 4) is 0 Å². The Bertz CT molecular complexity index is 855. The van der Waals surface area contributed by atoms with E-state index in [2.05, 4.69) is 11.3 Å². The van der Waals surface area contributed by atoms with Crippen molar-refractivity contribution in [1.29, 1.82) is 0 Å². The van der Waals surface area contributed by atoms with Gasteiger partial charge in [0, 0.05) is 0 Å². The van der Waals surface area contributed by atoms with E-state index in [4.69, 9.17) is 0 Å². The molecule has 0 unspecified atom stereocenters. The molecule has 0 heterocycles. The fraction of sp³-hybridized carbons (Fsp3) is 0.333. The predicted octanol–water partition coefficient (Wildman–Crippen LogP) is 4.82. The molecule has 2 aromatic carbocycles. The minimum Gasteiger partial charge on any atom is -0.207 e. The smallest absolute Gasteiger partial charge is 0.207 e. The van der Waals surface area contributed by atoms with E-state index in [-0.39, 0.29) is 6.04 Å². The van der Waals surface area contributed by atoms with Crippen molar-refractivity contribution in [2.75, 3.05) is 0 Å². The van der Waals surface area contributed by atoms with Crippen molar-refractivity contribution in [2.24, 2.45) is 0 Å². The molecular formula is C21H27NO2S. The molecule has 1 N–H and O–H groups in total. The summed E-state index contributed by atoms with van der Waals surface area (Å²) in [7, 11) is -3.65. The largest absolute Gasteiger partial charge is 0.241 e. The lowest BCUT2D eigenvalue weighted by atomic mass is 9.95. The van der Waals surface area contributed by atoms with Crippen LogP contribution < -0.4 is 4.72 Å². The van der Waals surface area contributed by atoms with Gasteiger partial charge in [0.15, 0.2) is 0 Å². The third-order valence-electron chi connectivity index (χ3n) is 5.10. The van der Waals surface area contributed by atoms with E-state index in [1.54, 1.807) is 6.08 Å². The second kappa shape index (κ2) is 7.54. The molecule has 2 rings (SSSR count). The van der Waals surface area contributed by atoms with Gasteiger partial charge in [-0.15, -0.1) is 6.58 Å². The molecule has 1 atom stereocenters. The van der Waals surface area contributed by atoms with E-state index in [1.807, 2.05) is 65.0 Å². The lowest BCUT2D eigenvalue weighted by Crippen LogP contribution is -2.30. The molecule has 0 bridgehead atoms. The fourth-order valence-corrected chi connectivity index (χ4v) is 5.06. The summed E-state index contributed by atoms with van der Waals surface area (Å²) in [6.45, 7) is 13.5. The van der Waals surface area contributed by atoms with Crippen LogP contribution in [0.4, 0.5) is 0 Å². The topological polar surface area (TPSA) is 46.2 Å². The maximum absolute atomic E-state index is 13.2. The molecule has 0 spiro atoms. The highest BCUT2D eigenvalue weighted by molar-refractivity contribution is 7.89. The molecule has 0 fully saturated rings. The minimum absolute atomic E-state index is 0.329. The van der Waals surface area contributed by atoms with Gasteiger partial charge in [0.05, 0.1) is 10.9 Å². The van der Waals surface area contributed by atoms with Gasteiger partial charge in [0.2, 0.25) is 10.0 Å². The van der Waals surface area contributed by atoms with Crippen molar-refractivity contribution in [3.05, 3.63) is 76.4 Å². The second-order valence-corrected chi connectivity index (χ2v) is 8.21. The zero-order valence-corrected chi connectivity index (χ0v) is 16.5. The van der Waals surface area contributed by atoms with Gasteiger partial charge in [-0.05, 0) is 74.4 Å². The SMILES string of the molecule is C=CC[C@H](NS(=O)(=O)c1c(C)c(C)c(C)c(C)c1C)c1ccccc1. The van der Waals surface area contributed by atoms with Gasteiger partial charge in [-0.25, -0.2) is 13.1 Å². The number of nitrogens with one attached hydrogen (secondary N) is 1. The molecule has 0 saturated heterocycles. The standard InChI is InChI=1S/C21H27NO2S/c1-7-11-20(19-12-9-8-10-13-19)22-25(23,24)21-17(5)15(3)14(2)16(4)18(21)6/h7-10,12-13,20,22H,1,11H2,2-6H3/t20-/m0/s1. The normalized spacial score (nSPS) is 12.8.